The Balaban J connectivity index is 4.32. The lowest BCUT2D eigenvalue weighted by atomic mass is 10.1. The van der Waals surface area contributed by atoms with Gasteiger partial charge in [0.2, 0.25) is 0 Å². The molecule has 0 unspecified atom stereocenters. The van der Waals surface area contributed by atoms with Gasteiger partial charge in [-0.15, -0.1) is 0 Å². The number of hydrogen-bond acceptors (Lipinski definition) is 4. The number of carbonyl (C=O) groups is 2. The van der Waals surface area contributed by atoms with Gasteiger partial charge in [0.05, 0.1) is 0 Å². The fourth-order valence-corrected chi connectivity index (χ4v) is 0.794. The molecule has 0 fully saturated rings. The van der Waals surface area contributed by atoms with Crippen LogP contribution in [0, 0.1) is 0 Å². The van der Waals surface area contributed by atoms with Crippen molar-refractivity contribution in [1.82, 2.24) is 0 Å². The van der Waals surface area contributed by atoms with Crippen LogP contribution in [0.3, 0.4) is 0 Å². The minimum atomic E-state index is -2.77. The summed E-state index contributed by atoms with van der Waals surface area (Å²) < 4.78 is 22.8. The largest absolute Gasteiger partial charge is 0.459 e. The first-order valence-electron chi connectivity index (χ1n) is 5.22. The molecule has 0 amide bonds. The van der Waals surface area contributed by atoms with Crippen LogP contribution in [0.25, 0.3) is 0 Å². The highest BCUT2D eigenvalue weighted by Crippen LogP contribution is 2.15. The zero-order valence-corrected chi connectivity index (χ0v) is 10.2. The molecule has 0 aliphatic heterocycles. The van der Waals surface area contributed by atoms with Crippen molar-refractivity contribution in [2.75, 3.05) is 13.2 Å². The summed E-state index contributed by atoms with van der Waals surface area (Å²) in [5.41, 5.74) is -2.77. The number of hydrogen-bond donors (Lipinski definition) is 0. The van der Waals surface area contributed by atoms with Gasteiger partial charge in [0.25, 0.3) is 5.67 Å². The Hall–Kier alpha value is -1.65. The standard InChI is InChI=1S/C12H17FO4/c1-4-6-8-16-10(14)12(3,13)11(15)17-9-7-5-2/h4-7H,8-9H2,1-3H3/b6-4+,7-5+. The Kier molecular flexibility index (Phi) is 6.86. The molecule has 0 saturated carbocycles. The lowest BCUT2D eigenvalue weighted by Crippen LogP contribution is -2.42. The van der Waals surface area contributed by atoms with E-state index in [1.165, 1.54) is 12.2 Å². The summed E-state index contributed by atoms with van der Waals surface area (Å²) in [5.74, 6) is -2.50. The fraction of sp³-hybridized carbons (Fsp3) is 0.500. The highest BCUT2D eigenvalue weighted by atomic mass is 19.1. The second-order valence-corrected chi connectivity index (χ2v) is 3.34. The van der Waals surface area contributed by atoms with Gasteiger partial charge in [-0.2, -0.15) is 0 Å². The molecular formula is C12H17FO4. The third-order valence-corrected chi connectivity index (χ3v) is 1.86. The lowest BCUT2D eigenvalue weighted by Gasteiger charge is -2.16. The van der Waals surface area contributed by atoms with Gasteiger partial charge < -0.3 is 9.47 Å². The summed E-state index contributed by atoms with van der Waals surface area (Å²) in [6.45, 7) is 4.14. The zero-order valence-electron chi connectivity index (χ0n) is 10.2. The van der Waals surface area contributed by atoms with Crippen molar-refractivity contribution in [3.63, 3.8) is 0 Å². The van der Waals surface area contributed by atoms with E-state index in [4.69, 9.17) is 0 Å². The van der Waals surface area contributed by atoms with E-state index >= 15 is 0 Å². The smallest absolute Gasteiger partial charge is 0.355 e. The van der Waals surface area contributed by atoms with Crippen molar-refractivity contribution in [2.45, 2.75) is 26.4 Å². The van der Waals surface area contributed by atoms with E-state index in [0.717, 1.165) is 6.92 Å². The summed E-state index contributed by atoms with van der Waals surface area (Å²) in [6, 6.07) is 0. The van der Waals surface area contributed by atoms with Gasteiger partial charge in [0.1, 0.15) is 13.2 Å². The van der Waals surface area contributed by atoms with E-state index < -0.39 is 17.6 Å². The van der Waals surface area contributed by atoms with Crippen molar-refractivity contribution in [3.8, 4) is 0 Å². The Morgan fingerprint density at radius 1 is 1.06 bits per heavy atom. The molecule has 4 nitrogen and oxygen atoms in total. The SMILES string of the molecule is C/C=C/COC(=O)C(C)(F)C(=O)OC/C=C/C. The number of allylic oxidation sites excluding steroid dienone is 2. The van der Waals surface area contributed by atoms with Gasteiger partial charge in [-0.25, -0.2) is 14.0 Å². The average molecular weight is 244 g/mol. The fourth-order valence-electron chi connectivity index (χ4n) is 0.794. The topological polar surface area (TPSA) is 52.6 Å². The summed E-state index contributed by atoms with van der Waals surface area (Å²) >= 11 is 0. The predicted molar refractivity (Wildman–Crippen MR) is 61.1 cm³/mol. The molecule has 0 N–H and O–H groups in total. The van der Waals surface area contributed by atoms with Crippen molar-refractivity contribution in [2.24, 2.45) is 0 Å². The molecule has 0 spiro atoms. The predicted octanol–water partition coefficient (Wildman–Crippen LogP) is 1.95. The molecule has 0 aromatic carbocycles. The first kappa shape index (κ1) is 15.3. The Morgan fingerprint density at radius 3 is 1.71 bits per heavy atom. The molecule has 0 rings (SSSR count). The number of esters is 2. The van der Waals surface area contributed by atoms with Gasteiger partial charge in [-0.1, -0.05) is 24.3 Å². The van der Waals surface area contributed by atoms with E-state index in [-0.39, 0.29) is 13.2 Å². The molecule has 0 saturated heterocycles. The van der Waals surface area contributed by atoms with Crippen LogP contribution in [-0.2, 0) is 19.1 Å². The number of alkyl halides is 1. The molecule has 17 heavy (non-hydrogen) atoms. The van der Waals surface area contributed by atoms with Crippen LogP contribution in [0.1, 0.15) is 20.8 Å². The number of ether oxygens (including phenoxy) is 2. The Labute approximate surface area is 100 Å². The number of carbonyl (C=O) groups excluding carboxylic acids is 2. The maximum atomic E-state index is 13.7. The molecule has 0 bridgehead atoms. The monoisotopic (exact) mass is 244 g/mol. The van der Waals surface area contributed by atoms with E-state index in [1.54, 1.807) is 26.0 Å². The van der Waals surface area contributed by atoms with Crippen molar-refractivity contribution in [1.29, 1.82) is 0 Å². The molecule has 0 aromatic heterocycles. The van der Waals surface area contributed by atoms with Crippen LogP contribution in [-0.4, -0.2) is 30.8 Å². The molecule has 0 radical (unpaired) electrons. The third-order valence-electron chi connectivity index (χ3n) is 1.86. The first-order chi connectivity index (χ1) is 7.96. The minimum Gasteiger partial charge on any atom is -0.459 e. The van der Waals surface area contributed by atoms with E-state index in [9.17, 15) is 14.0 Å². The summed E-state index contributed by atoms with van der Waals surface area (Å²) in [6.07, 6.45) is 6.35. The van der Waals surface area contributed by atoms with Crippen LogP contribution in [0.2, 0.25) is 0 Å². The molecular weight excluding hydrogens is 227 g/mol. The molecule has 0 atom stereocenters. The van der Waals surface area contributed by atoms with Crippen molar-refractivity contribution < 1.29 is 23.5 Å². The summed E-state index contributed by atoms with van der Waals surface area (Å²) in [4.78, 5) is 22.5. The van der Waals surface area contributed by atoms with Gasteiger partial charge in [0, 0.05) is 0 Å². The highest BCUT2D eigenvalue weighted by molar-refractivity contribution is 6.02. The molecule has 0 aromatic rings. The second-order valence-electron chi connectivity index (χ2n) is 3.34. The van der Waals surface area contributed by atoms with Crippen molar-refractivity contribution >= 4 is 11.9 Å². The summed E-state index contributed by atoms with van der Waals surface area (Å²) in [7, 11) is 0. The van der Waals surface area contributed by atoms with Crippen molar-refractivity contribution in [3.05, 3.63) is 24.3 Å². The van der Waals surface area contributed by atoms with Gasteiger partial charge in [0.15, 0.2) is 0 Å². The van der Waals surface area contributed by atoms with Crippen LogP contribution < -0.4 is 0 Å². The van der Waals surface area contributed by atoms with Crippen LogP contribution in [0.15, 0.2) is 24.3 Å². The Morgan fingerprint density at radius 2 is 1.41 bits per heavy atom. The van der Waals surface area contributed by atoms with E-state index in [2.05, 4.69) is 9.47 Å². The molecule has 0 heterocycles. The maximum Gasteiger partial charge on any atom is 0.355 e. The first-order valence-corrected chi connectivity index (χ1v) is 5.22. The second kappa shape index (κ2) is 7.60. The molecule has 96 valence electrons. The van der Waals surface area contributed by atoms with Crippen LogP contribution in [0.5, 0.6) is 0 Å². The molecule has 0 aliphatic rings. The molecule has 0 aliphatic carbocycles. The highest BCUT2D eigenvalue weighted by Gasteiger charge is 2.44. The quantitative estimate of drug-likeness (QED) is 0.407. The van der Waals surface area contributed by atoms with Crippen LogP contribution in [0.4, 0.5) is 4.39 Å². The van der Waals surface area contributed by atoms with Gasteiger partial charge >= 0.3 is 11.9 Å². The zero-order chi connectivity index (χ0) is 13.3. The number of halogens is 1. The normalized spacial score (nSPS) is 12.0. The van der Waals surface area contributed by atoms with Gasteiger partial charge in [-0.3, -0.25) is 0 Å². The average Bonchev–Trinajstić information content (AvgIpc) is 2.29. The molecule has 5 heteroatoms. The summed E-state index contributed by atoms with van der Waals surface area (Å²) in [5, 5.41) is 0. The number of rotatable bonds is 6. The minimum absolute atomic E-state index is 0.0724. The van der Waals surface area contributed by atoms with E-state index in [1.807, 2.05) is 0 Å². The van der Waals surface area contributed by atoms with Gasteiger partial charge in [-0.05, 0) is 20.8 Å². The third kappa shape index (κ3) is 5.29. The van der Waals surface area contributed by atoms with Crippen LogP contribution >= 0.6 is 0 Å². The van der Waals surface area contributed by atoms with E-state index in [0.29, 0.717) is 0 Å². The Bertz CT molecular complexity index is 288. The lowest BCUT2D eigenvalue weighted by molar-refractivity contribution is -0.171. The maximum absolute atomic E-state index is 13.7.